The normalized spacial score (nSPS) is 16.1. The first kappa shape index (κ1) is 26.9. The van der Waals surface area contributed by atoms with Crippen molar-refractivity contribution < 1.29 is 14.7 Å². The Kier molecular flexibility index (Phi) is 13.4. The van der Waals surface area contributed by atoms with E-state index in [-0.39, 0.29) is 29.7 Å². The number of nitrogens with two attached hydrogens (primary N) is 1. The van der Waals surface area contributed by atoms with Gasteiger partial charge in [0.25, 0.3) is 0 Å². The Morgan fingerprint density at radius 1 is 0.893 bits per heavy atom. The minimum atomic E-state index is -0.667. The van der Waals surface area contributed by atoms with Crippen LogP contribution in [0.25, 0.3) is 0 Å². The predicted octanol–water partition coefficient (Wildman–Crippen LogP) is 2.97. The molecule has 2 unspecified atom stereocenters. The number of carbonyl (C=O) groups is 2. The Hall–Kier alpha value is -1.14. The van der Waals surface area contributed by atoms with Crippen LogP contribution in [0.1, 0.15) is 87.0 Å². The van der Waals surface area contributed by atoms with Crippen molar-refractivity contribution in [3.8, 4) is 0 Å². The summed E-state index contributed by atoms with van der Waals surface area (Å²) in [5.41, 5.74) is 5.92. The molecular formula is C22H45N3O3. The third-order valence-corrected chi connectivity index (χ3v) is 5.14. The van der Waals surface area contributed by atoms with Crippen LogP contribution in [0.2, 0.25) is 0 Å². The van der Waals surface area contributed by atoms with Gasteiger partial charge in [0.05, 0.1) is 18.2 Å². The fourth-order valence-electron chi connectivity index (χ4n) is 3.16. The summed E-state index contributed by atoms with van der Waals surface area (Å²) in [5.74, 6) is -0.307. The maximum Gasteiger partial charge on any atom is 0.243 e. The van der Waals surface area contributed by atoms with E-state index in [1.807, 2.05) is 27.7 Å². The Labute approximate surface area is 172 Å². The van der Waals surface area contributed by atoms with Gasteiger partial charge in [0.15, 0.2) is 0 Å². The van der Waals surface area contributed by atoms with Gasteiger partial charge in [-0.2, -0.15) is 0 Å². The summed E-state index contributed by atoms with van der Waals surface area (Å²) in [5, 5.41) is 16.4. The first-order chi connectivity index (χ1) is 13.0. The van der Waals surface area contributed by atoms with Crippen molar-refractivity contribution >= 4 is 11.8 Å². The van der Waals surface area contributed by atoms with Gasteiger partial charge in [-0.1, -0.05) is 74.1 Å². The molecule has 2 amide bonds. The second kappa shape index (κ2) is 13.9. The Balaban J connectivity index is 5.03. The monoisotopic (exact) mass is 399 g/mol. The van der Waals surface area contributed by atoms with E-state index in [1.165, 1.54) is 0 Å². The Morgan fingerprint density at radius 3 is 1.96 bits per heavy atom. The van der Waals surface area contributed by atoms with E-state index in [4.69, 9.17) is 5.73 Å². The standard InChI is InChI=1S/C22H45N3O3/c1-8-9-10-11-12-18(26)17(13-14(2)3)24-22(28)20(16(6)7)25-21(27)19(23)15(4)5/h14-20,26H,8-13,23H2,1-7H3,(H,24,28)(H,25,27)/t17?,18?,19-,20-/m0/s1. The van der Waals surface area contributed by atoms with E-state index in [0.717, 1.165) is 25.7 Å². The van der Waals surface area contributed by atoms with E-state index in [1.54, 1.807) is 0 Å². The average molecular weight is 400 g/mol. The highest BCUT2D eigenvalue weighted by atomic mass is 16.3. The van der Waals surface area contributed by atoms with Crippen LogP contribution in [0.15, 0.2) is 0 Å². The number of amides is 2. The largest absolute Gasteiger partial charge is 0.391 e. The summed E-state index contributed by atoms with van der Waals surface area (Å²) in [6.45, 7) is 13.8. The highest BCUT2D eigenvalue weighted by molar-refractivity contribution is 5.90. The third kappa shape index (κ3) is 10.4. The molecule has 0 saturated carbocycles. The zero-order chi connectivity index (χ0) is 21.9. The molecule has 0 aliphatic rings. The number of aliphatic hydroxyl groups is 1. The Morgan fingerprint density at radius 2 is 1.50 bits per heavy atom. The van der Waals surface area contributed by atoms with Crippen molar-refractivity contribution in [3.63, 3.8) is 0 Å². The summed E-state index contributed by atoms with van der Waals surface area (Å²) < 4.78 is 0. The predicted molar refractivity (Wildman–Crippen MR) is 116 cm³/mol. The number of nitrogens with one attached hydrogen (secondary N) is 2. The lowest BCUT2D eigenvalue weighted by atomic mass is 9.94. The zero-order valence-corrected chi connectivity index (χ0v) is 19.1. The molecule has 4 atom stereocenters. The molecule has 0 bridgehead atoms. The molecule has 0 heterocycles. The fraction of sp³-hybridized carbons (Fsp3) is 0.909. The van der Waals surface area contributed by atoms with E-state index in [9.17, 15) is 14.7 Å². The molecule has 6 nitrogen and oxygen atoms in total. The van der Waals surface area contributed by atoms with E-state index >= 15 is 0 Å². The first-order valence-electron chi connectivity index (χ1n) is 11.1. The smallest absolute Gasteiger partial charge is 0.243 e. The molecule has 6 heteroatoms. The molecule has 5 N–H and O–H groups in total. The van der Waals surface area contributed by atoms with Crippen LogP contribution in [0.4, 0.5) is 0 Å². The van der Waals surface area contributed by atoms with Gasteiger partial charge in [-0.25, -0.2) is 0 Å². The highest BCUT2D eigenvalue weighted by Gasteiger charge is 2.30. The summed E-state index contributed by atoms with van der Waals surface area (Å²) in [7, 11) is 0. The summed E-state index contributed by atoms with van der Waals surface area (Å²) in [4.78, 5) is 25.2. The maximum atomic E-state index is 12.9. The summed E-state index contributed by atoms with van der Waals surface area (Å²) in [6, 6.07) is -1.63. The molecule has 0 spiro atoms. The molecule has 0 aliphatic heterocycles. The van der Waals surface area contributed by atoms with Crippen LogP contribution in [-0.4, -0.2) is 41.2 Å². The second-order valence-electron chi connectivity index (χ2n) is 9.16. The number of carbonyl (C=O) groups excluding carboxylic acids is 2. The van der Waals surface area contributed by atoms with Crippen LogP contribution in [0.3, 0.4) is 0 Å². The van der Waals surface area contributed by atoms with Gasteiger partial charge in [0.1, 0.15) is 6.04 Å². The molecule has 0 aromatic heterocycles. The molecule has 166 valence electrons. The van der Waals surface area contributed by atoms with Crippen LogP contribution in [0, 0.1) is 17.8 Å². The number of hydrogen-bond acceptors (Lipinski definition) is 4. The van der Waals surface area contributed by atoms with Crippen LogP contribution < -0.4 is 16.4 Å². The van der Waals surface area contributed by atoms with E-state index < -0.39 is 18.2 Å². The molecule has 28 heavy (non-hydrogen) atoms. The lowest BCUT2D eigenvalue weighted by molar-refractivity contribution is -0.132. The van der Waals surface area contributed by atoms with Crippen LogP contribution in [0.5, 0.6) is 0 Å². The van der Waals surface area contributed by atoms with Crippen molar-refractivity contribution in [3.05, 3.63) is 0 Å². The summed E-state index contributed by atoms with van der Waals surface area (Å²) >= 11 is 0. The number of aliphatic hydroxyl groups excluding tert-OH is 1. The molecule has 0 radical (unpaired) electrons. The Bertz CT molecular complexity index is 452. The van der Waals surface area contributed by atoms with Gasteiger partial charge >= 0.3 is 0 Å². The van der Waals surface area contributed by atoms with Crippen molar-refractivity contribution in [1.29, 1.82) is 0 Å². The minimum absolute atomic E-state index is 0.00509. The van der Waals surface area contributed by atoms with Crippen molar-refractivity contribution in [2.75, 3.05) is 0 Å². The number of rotatable bonds is 14. The quantitative estimate of drug-likeness (QED) is 0.337. The molecule has 0 rings (SSSR count). The van der Waals surface area contributed by atoms with E-state index in [2.05, 4.69) is 31.4 Å². The SMILES string of the molecule is CCCCCCC(O)C(CC(C)C)NC(=O)[C@@H](NC(=O)[C@@H](N)C(C)C)C(C)C. The second-order valence-corrected chi connectivity index (χ2v) is 9.16. The van der Waals surface area contributed by atoms with Crippen LogP contribution >= 0.6 is 0 Å². The molecule has 0 aromatic rings. The maximum absolute atomic E-state index is 12.9. The minimum Gasteiger partial charge on any atom is -0.391 e. The zero-order valence-electron chi connectivity index (χ0n) is 19.1. The van der Waals surface area contributed by atoms with Crippen molar-refractivity contribution in [2.45, 2.75) is 111 Å². The van der Waals surface area contributed by atoms with E-state index in [0.29, 0.717) is 18.8 Å². The van der Waals surface area contributed by atoms with Crippen molar-refractivity contribution in [2.24, 2.45) is 23.5 Å². The van der Waals surface area contributed by atoms with Gasteiger partial charge < -0.3 is 21.5 Å². The van der Waals surface area contributed by atoms with Gasteiger partial charge in [0.2, 0.25) is 11.8 Å². The fourth-order valence-corrected chi connectivity index (χ4v) is 3.16. The molecular weight excluding hydrogens is 354 g/mol. The molecule has 0 aliphatic carbocycles. The van der Waals surface area contributed by atoms with Gasteiger partial charge in [-0.05, 0) is 30.6 Å². The van der Waals surface area contributed by atoms with Crippen LogP contribution in [-0.2, 0) is 9.59 Å². The summed E-state index contributed by atoms with van der Waals surface area (Å²) in [6.07, 6.45) is 5.15. The average Bonchev–Trinajstić information content (AvgIpc) is 2.60. The van der Waals surface area contributed by atoms with Gasteiger partial charge in [0, 0.05) is 0 Å². The third-order valence-electron chi connectivity index (χ3n) is 5.14. The lowest BCUT2D eigenvalue weighted by Crippen LogP contribution is -2.57. The van der Waals surface area contributed by atoms with Gasteiger partial charge in [-0.15, -0.1) is 0 Å². The lowest BCUT2D eigenvalue weighted by Gasteiger charge is -2.30. The number of unbranched alkanes of at least 4 members (excludes halogenated alkanes) is 3. The number of hydrogen-bond donors (Lipinski definition) is 4. The van der Waals surface area contributed by atoms with Crippen molar-refractivity contribution in [1.82, 2.24) is 10.6 Å². The topological polar surface area (TPSA) is 104 Å². The highest BCUT2D eigenvalue weighted by Crippen LogP contribution is 2.15. The first-order valence-corrected chi connectivity index (χ1v) is 11.1. The molecule has 0 aromatic carbocycles. The van der Waals surface area contributed by atoms with Gasteiger partial charge in [-0.3, -0.25) is 9.59 Å². The molecule has 0 fully saturated rings. The molecule has 0 saturated heterocycles.